The zero-order valence-electron chi connectivity index (χ0n) is 17.3. The Balaban J connectivity index is 1.28. The number of ether oxygens (including phenoxy) is 2. The fourth-order valence-corrected chi connectivity index (χ4v) is 3.24. The molecule has 0 unspecified atom stereocenters. The second-order valence-electron chi connectivity index (χ2n) is 7.88. The first kappa shape index (κ1) is 20.4. The first-order chi connectivity index (χ1) is 13.6. The standard InChI is InChI=1S/C23H32N2O3/c1-17(2)22-16-27-23(24-22)19-10-12-20(13-11-19)26-14-8-6-4-5-7-9-21-15-18(3)25-28-21/h10-13,15,17,22H,4-9,14,16H2,1-3H3/t22-/m0/s1. The largest absolute Gasteiger partial charge is 0.494 e. The van der Waals surface area contributed by atoms with Crippen LogP contribution in [-0.2, 0) is 11.2 Å². The van der Waals surface area contributed by atoms with Crippen LogP contribution in [0.1, 0.15) is 63.0 Å². The summed E-state index contributed by atoms with van der Waals surface area (Å²) < 4.78 is 16.8. The molecule has 152 valence electrons. The van der Waals surface area contributed by atoms with Crippen molar-refractivity contribution in [1.29, 1.82) is 0 Å². The highest BCUT2D eigenvalue weighted by Gasteiger charge is 2.22. The quantitative estimate of drug-likeness (QED) is 0.490. The lowest BCUT2D eigenvalue weighted by Crippen LogP contribution is -2.13. The van der Waals surface area contributed by atoms with Gasteiger partial charge in [-0.05, 0) is 49.9 Å². The zero-order valence-corrected chi connectivity index (χ0v) is 17.3. The Bertz CT molecular complexity index is 749. The van der Waals surface area contributed by atoms with Crippen molar-refractivity contribution < 1.29 is 14.0 Å². The maximum Gasteiger partial charge on any atom is 0.216 e. The van der Waals surface area contributed by atoms with E-state index in [-0.39, 0.29) is 6.04 Å². The molecule has 2 heterocycles. The predicted molar refractivity (Wildman–Crippen MR) is 111 cm³/mol. The van der Waals surface area contributed by atoms with E-state index in [1.807, 2.05) is 37.3 Å². The second kappa shape index (κ2) is 10.3. The summed E-state index contributed by atoms with van der Waals surface area (Å²) in [4.78, 5) is 4.66. The molecule has 0 saturated heterocycles. The van der Waals surface area contributed by atoms with Crippen LogP contribution in [0.4, 0.5) is 0 Å². The van der Waals surface area contributed by atoms with Gasteiger partial charge >= 0.3 is 0 Å². The smallest absolute Gasteiger partial charge is 0.216 e. The third kappa shape index (κ3) is 6.11. The molecular formula is C23H32N2O3. The van der Waals surface area contributed by atoms with Gasteiger partial charge in [0.2, 0.25) is 5.90 Å². The zero-order chi connectivity index (χ0) is 19.8. The number of aryl methyl sites for hydroxylation is 2. The Morgan fingerprint density at radius 3 is 2.50 bits per heavy atom. The van der Waals surface area contributed by atoms with Crippen molar-refractivity contribution in [3.63, 3.8) is 0 Å². The summed E-state index contributed by atoms with van der Waals surface area (Å²) >= 11 is 0. The summed E-state index contributed by atoms with van der Waals surface area (Å²) in [5.74, 6) is 3.17. The lowest BCUT2D eigenvalue weighted by molar-refractivity contribution is 0.291. The number of hydrogen-bond acceptors (Lipinski definition) is 5. The van der Waals surface area contributed by atoms with Gasteiger partial charge in [0.05, 0.1) is 18.3 Å². The number of unbranched alkanes of at least 4 members (excludes halogenated alkanes) is 4. The van der Waals surface area contributed by atoms with Gasteiger partial charge in [-0.15, -0.1) is 0 Å². The van der Waals surface area contributed by atoms with Crippen LogP contribution < -0.4 is 4.74 Å². The Morgan fingerprint density at radius 1 is 1.07 bits per heavy atom. The van der Waals surface area contributed by atoms with Crippen LogP contribution in [0, 0.1) is 12.8 Å². The summed E-state index contributed by atoms with van der Waals surface area (Å²) in [6.07, 6.45) is 6.85. The minimum Gasteiger partial charge on any atom is -0.494 e. The Labute approximate surface area is 168 Å². The highest BCUT2D eigenvalue weighted by molar-refractivity contribution is 5.95. The Morgan fingerprint density at radius 2 is 1.82 bits per heavy atom. The van der Waals surface area contributed by atoms with E-state index in [1.54, 1.807) is 0 Å². The summed E-state index contributed by atoms with van der Waals surface area (Å²) in [5, 5.41) is 3.92. The normalized spacial score (nSPS) is 16.3. The van der Waals surface area contributed by atoms with Crippen LogP contribution in [0.2, 0.25) is 0 Å². The van der Waals surface area contributed by atoms with Crippen molar-refractivity contribution in [2.24, 2.45) is 10.9 Å². The van der Waals surface area contributed by atoms with Crippen molar-refractivity contribution in [1.82, 2.24) is 5.16 Å². The number of hydrogen-bond donors (Lipinski definition) is 0. The molecule has 1 aromatic carbocycles. The van der Waals surface area contributed by atoms with Crippen molar-refractivity contribution in [3.05, 3.63) is 47.3 Å². The summed E-state index contributed by atoms with van der Waals surface area (Å²) in [7, 11) is 0. The molecule has 1 aliphatic rings. The first-order valence-electron chi connectivity index (χ1n) is 10.5. The van der Waals surface area contributed by atoms with Crippen LogP contribution in [-0.4, -0.2) is 30.3 Å². The molecule has 0 spiro atoms. The monoisotopic (exact) mass is 384 g/mol. The number of aromatic nitrogens is 1. The maximum absolute atomic E-state index is 5.86. The number of aliphatic imine (C=N–C) groups is 1. The third-order valence-corrected chi connectivity index (χ3v) is 5.06. The van der Waals surface area contributed by atoms with Crippen LogP contribution in [0.15, 0.2) is 39.8 Å². The maximum atomic E-state index is 5.86. The van der Waals surface area contributed by atoms with Gasteiger partial charge in [0.1, 0.15) is 18.1 Å². The van der Waals surface area contributed by atoms with Crippen molar-refractivity contribution >= 4 is 5.90 Å². The third-order valence-electron chi connectivity index (χ3n) is 5.06. The predicted octanol–water partition coefficient (Wildman–Crippen LogP) is 5.36. The van der Waals surface area contributed by atoms with Gasteiger partial charge in [0, 0.05) is 18.1 Å². The van der Waals surface area contributed by atoms with E-state index in [2.05, 4.69) is 24.0 Å². The van der Waals surface area contributed by atoms with E-state index >= 15 is 0 Å². The van der Waals surface area contributed by atoms with Crippen LogP contribution in [0.3, 0.4) is 0 Å². The SMILES string of the molecule is Cc1cc(CCCCCCCOc2ccc(C3=N[C@H](C(C)C)CO3)cc2)on1. The van der Waals surface area contributed by atoms with E-state index in [4.69, 9.17) is 14.0 Å². The second-order valence-corrected chi connectivity index (χ2v) is 7.88. The average molecular weight is 385 g/mol. The molecule has 0 bridgehead atoms. The molecular weight excluding hydrogens is 352 g/mol. The molecule has 0 saturated carbocycles. The summed E-state index contributed by atoms with van der Waals surface area (Å²) in [6.45, 7) is 7.75. The van der Waals surface area contributed by atoms with Crippen LogP contribution >= 0.6 is 0 Å². The number of benzene rings is 1. The van der Waals surface area contributed by atoms with Gasteiger partial charge < -0.3 is 14.0 Å². The molecule has 2 aromatic rings. The fourth-order valence-electron chi connectivity index (χ4n) is 3.24. The topological polar surface area (TPSA) is 56.9 Å². The van der Waals surface area contributed by atoms with Crippen molar-refractivity contribution in [2.45, 2.75) is 65.3 Å². The molecule has 3 rings (SSSR count). The summed E-state index contributed by atoms with van der Waals surface area (Å²) in [6, 6.07) is 10.4. The highest BCUT2D eigenvalue weighted by Crippen LogP contribution is 2.20. The van der Waals surface area contributed by atoms with E-state index in [0.717, 1.165) is 54.5 Å². The fraction of sp³-hybridized carbons (Fsp3) is 0.565. The van der Waals surface area contributed by atoms with Gasteiger partial charge in [-0.25, -0.2) is 4.99 Å². The molecule has 1 aromatic heterocycles. The van der Waals surface area contributed by atoms with Crippen LogP contribution in [0.25, 0.3) is 0 Å². The van der Waals surface area contributed by atoms with E-state index in [0.29, 0.717) is 12.5 Å². The minimum absolute atomic E-state index is 0.269. The van der Waals surface area contributed by atoms with Crippen molar-refractivity contribution in [2.75, 3.05) is 13.2 Å². The van der Waals surface area contributed by atoms with Crippen molar-refractivity contribution in [3.8, 4) is 5.75 Å². The molecule has 5 heteroatoms. The molecule has 5 nitrogen and oxygen atoms in total. The summed E-state index contributed by atoms with van der Waals surface area (Å²) in [5.41, 5.74) is 1.99. The van der Waals surface area contributed by atoms with Gasteiger partial charge in [0.15, 0.2) is 0 Å². The van der Waals surface area contributed by atoms with E-state index in [1.165, 1.54) is 19.3 Å². The molecule has 1 aliphatic heterocycles. The lowest BCUT2D eigenvalue weighted by atomic mass is 10.1. The lowest BCUT2D eigenvalue weighted by Gasteiger charge is -2.07. The van der Waals surface area contributed by atoms with Gasteiger partial charge in [0.25, 0.3) is 0 Å². The van der Waals surface area contributed by atoms with Gasteiger partial charge in [-0.3, -0.25) is 0 Å². The Hall–Kier alpha value is -2.30. The average Bonchev–Trinajstić information content (AvgIpc) is 3.34. The van der Waals surface area contributed by atoms with Gasteiger partial charge in [-0.2, -0.15) is 0 Å². The van der Waals surface area contributed by atoms with Crippen LogP contribution in [0.5, 0.6) is 5.75 Å². The molecule has 0 aliphatic carbocycles. The molecule has 0 N–H and O–H groups in total. The molecule has 0 amide bonds. The van der Waals surface area contributed by atoms with E-state index < -0.39 is 0 Å². The number of nitrogens with zero attached hydrogens (tertiary/aromatic N) is 2. The van der Waals surface area contributed by atoms with E-state index in [9.17, 15) is 0 Å². The first-order valence-corrected chi connectivity index (χ1v) is 10.5. The highest BCUT2D eigenvalue weighted by atomic mass is 16.5. The molecule has 0 radical (unpaired) electrons. The molecule has 0 fully saturated rings. The molecule has 28 heavy (non-hydrogen) atoms. The molecule has 1 atom stereocenters. The minimum atomic E-state index is 0.269. The van der Waals surface area contributed by atoms with Gasteiger partial charge in [-0.1, -0.05) is 38.3 Å². The number of rotatable bonds is 11. The Kier molecular flexibility index (Phi) is 7.52.